The molecule has 0 spiro atoms. The lowest BCUT2D eigenvalue weighted by atomic mass is 10.1. The highest BCUT2D eigenvalue weighted by molar-refractivity contribution is 7.99. The number of hydrogen-bond acceptors (Lipinski definition) is 4. The molecule has 0 saturated carbocycles. The summed E-state index contributed by atoms with van der Waals surface area (Å²) in [5.41, 5.74) is 15.0. The van der Waals surface area contributed by atoms with Gasteiger partial charge in [-0.2, -0.15) is 5.26 Å². The zero-order valence-corrected chi connectivity index (χ0v) is 31.9. The van der Waals surface area contributed by atoms with Gasteiger partial charge in [0.15, 0.2) is 0 Å². The Morgan fingerprint density at radius 1 is 0.456 bits per heavy atom. The smallest absolute Gasteiger partial charge is 0.135 e. The van der Waals surface area contributed by atoms with E-state index >= 15 is 0 Å². The Kier molecular flexibility index (Phi) is 6.70. The molecule has 5 nitrogen and oxygen atoms in total. The molecule has 0 N–H and O–H groups in total. The third-order valence-electron chi connectivity index (χ3n) is 11.6. The second-order valence-electron chi connectivity index (χ2n) is 15.1. The summed E-state index contributed by atoms with van der Waals surface area (Å²) in [6.45, 7) is 4.33. The van der Waals surface area contributed by atoms with Crippen molar-refractivity contribution in [2.24, 2.45) is 0 Å². The molecule has 268 valence electrons. The lowest BCUT2D eigenvalue weighted by Crippen LogP contribution is -2.15. The molecule has 4 heterocycles. The number of anilines is 3. The van der Waals surface area contributed by atoms with Crippen molar-refractivity contribution < 1.29 is 4.42 Å². The maximum atomic E-state index is 9.76. The Morgan fingerprint density at radius 3 is 1.67 bits per heavy atom. The molecule has 11 aromatic rings. The normalized spacial score (nSPS) is 12.6. The largest absolute Gasteiger partial charge is 0.456 e. The minimum atomic E-state index is 0.658. The van der Waals surface area contributed by atoms with Gasteiger partial charge in [-0.25, -0.2) is 0 Å². The van der Waals surface area contributed by atoms with E-state index in [2.05, 4.69) is 167 Å². The number of nitriles is 1. The van der Waals surface area contributed by atoms with Gasteiger partial charge in [0.2, 0.25) is 0 Å². The number of furan rings is 1. The first-order valence-corrected chi connectivity index (χ1v) is 20.0. The van der Waals surface area contributed by atoms with E-state index in [1.54, 1.807) is 0 Å². The number of aryl methyl sites for hydroxylation is 2. The van der Waals surface area contributed by atoms with Crippen molar-refractivity contribution in [2.75, 3.05) is 4.90 Å². The summed E-state index contributed by atoms with van der Waals surface area (Å²) in [6.07, 6.45) is 0. The average Bonchev–Trinajstić information content (AvgIpc) is 3.89. The van der Waals surface area contributed by atoms with Gasteiger partial charge < -0.3 is 18.5 Å². The zero-order chi connectivity index (χ0) is 37.9. The molecular formula is C51H32N4OS. The first-order valence-electron chi connectivity index (χ1n) is 19.1. The van der Waals surface area contributed by atoms with Crippen LogP contribution in [0.4, 0.5) is 17.1 Å². The average molecular weight is 749 g/mol. The SMILES string of the molecule is Cc1ccc2c(c1)c1cc(C)ccc1n2-c1ccc2c(c1)Sc1cc(-n3c4ccccc4c4cc(C#N)ccc43)ccc1N2c1ccc2oc3ccccc3c2c1. The number of rotatable bonds is 3. The zero-order valence-electron chi connectivity index (χ0n) is 31.1. The Bertz CT molecular complexity index is 3500. The molecule has 0 fully saturated rings. The number of aromatic nitrogens is 2. The fourth-order valence-corrected chi connectivity index (χ4v) is 10.2. The molecule has 12 rings (SSSR count). The van der Waals surface area contributed by atoms with E-state index in [9.17, 15) is 5.26 Å². The van der Waals surface area contributed by atoms with Crippen LogP contribution in [0.25, 0.3) is 76.9 Å². The molecular weight excluding hydrogens is 717 g/mol. The van der Waals surface area contributed by atoms with E-state index in [-0.39, 0.29) is 0 Å². The standard InChI is InChI=1S/C51H32N4OS/c1-30-11-17-43-38(23-30)39-24-31(2)12-18-44(39)54(43)35-15-21-47-51(28-35)57-50-27-34(53-42-9-5-3-7-36(42)40-25-32(29-52)13-19-45(40)53)14-20-46(50)55(47)33-16-22-49-41(26-33)37-8-4-6-10-48(37)56-49/h3-28H,1-2H3. The van der Waals surface area contributed by atoms with Crippen LogP contribution in [0.5, 0.6) is 0 Å². The third-order valence-corrected chi connectivity index (χ3v) is 12.7. The van der Waals surface area contributed by atoms with Crippen molar-refractivity contribution in [3.8, 4) is 17.4 Å². The summed E-state index contributed by atoms with van der Waals surface area (Å²) in [5.74, 6) is 0. The maximum absolute atomic E-state index is 9.76. The van der Waals surface area contributed by atoms with Crippen molar-refractivity contribution >= 4 is 94.4 Å². The lowest BCUT2D eigenvalue weighted by Gasteiger charge is -2.33. The fourth-order valence-electron chi connectivity index (χ4n) is 9.05. The van der Waals surface area contributed by atoms with Crippen molar-refractivity contribution in [1.82, 2.24) is 9.13 Å². The molecule has 1 aliphatic heterocycles. The summed E-state index contributed by atoms with van der Waals surface area (Å²) < 4.78 is 11.0. The summed E-state index contributed by atoms with van der Waals surface area (Å²) in [5, 5.41) is 16.7. The van der Waals surface area contributed by atoms with Crippen LogP contribution in [0.15, 0.2) is 172 Å². The number of fused-ring (bicyclic) bond motifs is 11. The predicted molar refractivity (Wildman–Crippen MR) is 235 cm³/mol. The number of para-hydroxylation sites is 2. The van der Waals surface area contributed by atoms with Crippen LogP contribution in [0.3, 0.4) is 0 Å². The highest BCUT2D eigenvalue weighted by atomic mass is 32.2. The van der Waals surface area contributed by atoms with Crippen molar-refractivity contribution in [1.29, 1.82) is 5.26 Å². The van der Waals surface area contributed by atoms with Gasteiger partial charge in [0, 0.05) is 59.2 Å². The topological polar surface area (TPSA) is 50.0 Å². The van der Waals surface area contributed by atoms with Crippen molar-refractivity contribution in [3.63, 3.8) is 0 Å². The summed E-state index contributed by atoms with van der Waals surface area (Å²) >= 11 is 1.81. The van der Waals surface area contributed by atoms with Crippen LogP contribution < -0.4 is 4.90 Å². The second-order valence-corrected chi connectivity index (χ2v) is 16.2. The maximum Gasteiger partial charge on any atom is 0.135 e. The summed E-state index contributed by atoms with van der Waals surface area (Å²) in [4.78, 5) is 4.73. The second kappa shape index (κ2) is 11.9. The van der Waals surface area contributed by atoms with E-state index < -0.39 is 0 Å². The molecule has 0 aliphatic carbocycles. The summed E-state index contributed by atoms with van der Waals surface area (Å²) in [7, 11) is 0. The van der Waals surface area contributed by atoms with Crippen LogP contribution in [-0.2, 0) is 0 Å². The van der Waals surface area contributed by atoms with Crippen LogP contribution in [0, 0.1) is 25.2 Å². The Labute approximate surface area is 332 Å². The Hall–Kier alpha value is -7.20. The van der Waals surface area contributed by atoms with Crippen molar-refractivity contribution in [2.45, 2.75) is 23.6 Å². The van der Waals surface area contributed by atoms with Gasteiger partial charge in [-0.15, -0.1) is 0 Å². The van der Waals surface area contributed by atoms with Gasteiger partial charge in [0.1, 0.15) is 11.2 Å². The van der Waals surface area contributed by atoms with E-state index in [1.165, 1.54) is 37.8 Å². The number of nitrogens with zero attached hydrogens (tertiary/aromatic N) is 4. The van der Waals surface area contributed by atoms with Crippen LogP contribution in [0.2, 0.25) is 0 Å². The van der Waals surface area contributed by atoms with Crippen molar-refractivity contribution in [3.05, 3.63) is 174 Å². The molecule has 0 amide bonds. The van der Waals surface area contributed by atoms with Gasteiger partial charge in [-0.1, -0.05) is 71.4 Å². The molecule has 0 unspecified atom stereocenters. The third kappa shape index (κ3) is 4.70. The minimum absolute atomic E-state index is 0.658. The molecule has 8 aromatic carbocycles. The van der Waals surface area contributed by atoms with Gasteiger partial charge in [-0.3, -0.25) is 0 Å². The summed E-state index contributed by atoms with van der Waals surface area (Å²) in [6, 6.07) is 58.9. The van der Waals surface area contributed by atoms with E-state index in [0.29, 0.717) is 5.56 Å². The molecule has 0 saturated heterocycles. The highest BCUT2D eigenvalue weighted by Crippen LogP contribution is 2.53. The number of benzene rings is 8. The van der Waals surface area contributed by atoms with Gasteiger partial charge in [0.05, 0.1) is 45.1 Å². The fraction of sp³-hybridized carbons (Fsp3) is 0.0392. The van der Waals surface area contributed by atoms with E-state index in [0.717, 1.165) is 77.1 Å². The predicted octanol–water partition coefficient (Wildman–Crippen LogP) is 14.2. The van der Waals surface area contributed by atoms with E-state index in [1.807, 2.05) is 36.0 Å². The highest BCUT2D eigenvalue weighted by Gasteiger charge is 2.28. The lowest BCUT2D eigenvalue weighted by molar-refractivity contribution is 0.669. The molecule has 0 radical (unpaired) electrons. The molecule has 0 bridgehead atoms. The van der Waals surface area contributed by atoms with E-state index in [4.69, 9.17) is 4.42 Å². The molecule has 6 heteroatoms. The Morgan fingerprint density at radius 2 is 1.00 bits per heavy atom. The Balaban J connectivity index is 1.09. The van der Waals surface area contributed by atoms with Gasteiger partial charge >= 0.3 is 0 Å². The first kappa shape index (κ1) is 32.1. The quantitative estimate of drug-likeness (QED) is 0.181. The van der Waals surface area contributed by atoms with Gasteiger partial charge in [-0.05, 0) is 123 Å². The first-order chi connectivity index (χ1) is 28.0. The molecule has 3 aromatic heterocycles. The molecule has 0 atom stereocenters. The minimum Gasteiger partial charge on any atom is -0.456 e. The van der Waals surface area contributed by atoms with Crippen LogP contribution in [-0.4, -0.2) is 9.13 Å². The van der Waals surface area contributed by atoms with Crippen LogP contribution >= 0.6 is 11.8 Å². The molecule has 1 aliphatic rings. The van der Waals surface area contributed by atoms with Gasteiger partial charge in [0.25, 0.3) is 0 Å². The van der Waals surface area contributed by atoms with Crippen LogP contribution in [0.1, 0.15) is 16.7 Å². The monoisotopic (exact) mass is 748 g/mol. The molecule has 57 heavy (non-hydrogen) atoms. The number of hydrogen-bond donors (Lipinski definition) is 0.